The van der Waals surface area contributed by atoms with Crippen molar-refractivity contribution in [1.29, 1.82) is 0 Å². The summed E-state index contributed by atoms with van der Waals surface area (Å²) in [6.07, 6.45) is 0. The van der Waals surface area contributed by atoms with Crippen molar-refractivity contribution in [1.82, 2.24) is 5.32 Å². The summed E-state index contributed by atoms with van der Waals surface area (Å²) in [5.41, 5.74) is 0.835. The number of anilines is 1. The number of thiocarbonyl (C=S) groups is 1. The van der Waals surface area contributed by atoms with Crippen LogP contribution in [-0.4, -0.2) is 17.4 Å². The fraction of sp³-hybridized carbons (Fsp3) is 0.188. The molecular formula is C16H15ClF2N2S2. The molecule has 0 atom stereocenters. The highest BCUT2D eigenvalue weighted by Crippen LogP contribution is 2.20. The molecule has 0 saturated heterocycles. The lowest BCUT2D eigenvalue weighted by atomic mass is 10.2. The van der Waals surface area contributed by atoms with Gasteiger partial charge in [-0.2, -0.15) is 11.8 Å². The molecule has 0 heterocycles. The second-order valence-electron chi connectivity index (χ2n) is 4.62. The SMILES string of the molecule is Fc1cccc(F)c1NC(=S)NCCSCc1ccccc1Cl. The van der Waals surface area contributed by atoms with E-state index in [1.54, 1.807) is 11.8 Å². The maximum atomic E-state index is 13.5. The number of halogens is 3. The quantitative estimate of drug-likeness (QED) is 0.559. The number of hydrogen-bond donors (Lipinski definition) is 2. The first-order valence-corrected chi connectivity index (χ1v) is 8.82. The van der Waals surface area contributed by atoms with Gasteiger partial charge in [-0.1, -0.05) is 35.9 Å². The second-order valence-corrected chi connectivity index (χ2v) is 6.54. The summed E-state index contributed by atoms with van der Waals surface area (Å²) in [6.45, 7) is 0.580. The molecule has 2 aromatic carbocycles. The van der Waals surface area contributed by atoms with Crippen molar-refractivity contribution in [2.24, 2.45) is 0 Å². The zero-order valence-corrected chi connectivity index (χ0v) is 14.5. The average molecular weight is 373 g/mol. The van der Waals surface area contributed by atoms with Crippen molar-refractivity contribution in [3.05, 3.63) is 64.7 Å². The van der Waals surface area contributed by atoms with Gasteiger partial charge < -0.3 is 10.6 Å². The Kier molecular flexibility index (Phi) is 7.08. The summed E-state index contributed by atoms with van der Waals surface area (Å²) in [6, 6.07) is 11.3. The fourth-order valence-electron chi connectivity index (χ4n) is 1.81. The van der Waals surface area contributed by atoms with Crippen LogP contribution >= 0.6 is 35.6 Å². The molecule has 2 nitrogen and oxygen atoms in total. The summed E-state index contributed by atoms with van der Waals surface area (Å²) < 4.78 is 26.9. The van der Waals surface area contributed by atoms with E-state index in [9.17, 15) is 8.78 Å². The van der Waals surface area contributed by atoms with Gasteiger partial charge in [0, 0.05) is 23.1 Å². The molecule has 0 radical (unpaired) electrons. The molecule has 0 saturated carbocycles. The van der Waals surface area contributed by atoms with Gasteiger partial charge in [0.15, 0.2) is 5.11 Å². The third-order valence-electron chi connectivity index (χ3n) is 2.95. The number of benzene rings is 2. The van der Waals surface area contributed by atoms with Crippen LogP contribution in [0.4, 0.5) is 14.5 Å². The molecule has 0 aliphatic rings. The lowest BCUT2D eigenvalue weighted by Crippen LogP contribution is -2.31. The Hall–Kier alpha value is -1.37. The largest absolute Gasteiger partial charge is 0.362 e. The molecule has 0 fully saturated rings. The molecule has 0 aliphatic heterocycles. The summed E-state index contributed by atoms with van der Waals surface area (Å²) in [5, 5.41) is 6.39. The van der Waals surface area contributed by atoms with Crippen LogP contribution in [0, 0.1) is 11.6 Å². The van der Waals surface area contributed by atoms with Gasteiger partial charge in [-0.3, -0.25) is 0 Å². The highest BCUT2D eigenvalue weighted by molar-refractivity contribution is 7.98. The van der Waals surface area contributed by atoms with Crippen LogP contribution in [0.3, 0.4) is 0 Å². The van der Waals surface area contributed by atoms with Crippen molar-refractivity contribution in [2.45, 2.75) is 5.75 Å². The summed E-state index contributed by atoms with van der Waals surface area (Å²) in [4.78, 5) is 0. The van der Waals surface area contributed by atoms with Crippen LogP contribution in [0.25, 0.3) is 0 Å². The van der Waals surface area contributed by atoms with Gasteiger partial charge in [0.05, 0.1) is 0 Å². The van der Waals surface area contributed by atoms with Gasteiger partial charge in [-0.05, 0) is 36.0 Å². The predicted molar refractivity (Wildman–Crippen MR) is 98.2 cm³/mol. The van der Waals surface area contributed by atoms with Crippen LogP contribution in [0.2, 0.25) is 5.02 Å². The molecule has 2 rings (SSSR count). The number of hydrogen-bond acceptors (Lipinski definition) is 2. The minimum absolute atomic E-state index is 0.187. The van der Waals surface area contributed by atoms with E-state index >= 15 is 0 Å². The van der Waals surface area contributed by atoms with Gasteiger partial charge in [0.1, 0.15) is 17.3 Å². The highest BCUT2D eigenvalue weighted by Gasteiger charge is 2.09. The van der Waals surface area contributed by atoms with E-state index in [4.69, 9.17) is 23.8 Å². The van der Waals surface area contributed by atoms with E-state index in [-0.39, 0.29) is 10.8 Å². The molecule has 7 heteroatoms. The minimum atomic E-state index is -0.678. The van der Waals surface area contributed by atoms with Crippen molar-refractivity contribution in [3.8, 4) is 0 Å². The molecule has 0 bridgehead atoms. The van der Waals surface area contributed by atoms with Crippen LogP contribution < -0.4 is 10.6 Å². The first-order valence-electron chi connectivity index (χ1n) is 6.88. The Morgan fingerprint density at radius 3 is 2.48 bits per heavy atom. The van der Waals surface area contributed by atoms with Gasteiger partial charge in [0.2, 0.25) is 0 Å². The van der Waals surface area contributed by atoms with Crippen LogP contribution in [0.1, 0.15) is 5.56 Å². The first kappa shape index (κ1) is 18.0. The van der Waals surface area contributed by atoms with Gasteiger partial charge in [-0.15, -0.1) is 0 Å². The average Bonchev–Trinajstić information content (AvgIpc) is 2.52. The molecule has 122 valence electrons. The third kappa shape index (κ3) is 5.64. The molecule has 2 aromatic rings. The van der Waals surface area contributed by atoms with E-state index in [1.165, 1.54) is 18.2 Å². The van der Waals surface area contributed by atoms with E-state index in [0.29, 0.717) is 6.54 Å². The van der Waals surface area contributed by atoms with Crippen molar-refractivity contribution in [2.75, 3.05) is 17.6 Å². The Bertz CT molecular complexity index is 663. The molecule has 23 heavy (non-hydrogen) atoms. The normalized spacial score (nSPS) is 10.4. The van der Waals surface area contributed by atoms with E-state index in [2.05, 4.69) is 10.6 Å². The Labute approximate surface area is 148 Å². The standard InChI is InChI=1S/C16H15ClF2N2S2/c17-12-5-2-1-4-11(12)10-23-9-8-20-16(22)21-15-13(18)6-3-7-14(15)19/h1-7H,8-10H2,(H2,20,21,22). The highest BCUT2D eigenvalue weighted by atomic mass is 35.5. The molecule has 0 unspecified atom stereocenters. The Morgan fingerprint density at radius 1 is 1.09 bits per heavy atom. The molecule has 0 amide bonds. The summed E-state index contributed by atoms with van der Waals surface area (Å²) in [5.74, 6) is 0.223. The predicted octanol–water partition coefficient (Wildman–Crippen LogP) is 4.84. The maximum absolute atomic E-state index is 13.5. The lowest BCUT2D eigenvalue weighted by molar-refractivity contribution is 0.591. The monoisotopic (exact) mass is 372 g/mol. The maximum Gasteiger partial charge on any atom is 0.170 e. The van der Waals surface area contributed by atoms with Crippen molar-refractivity contribution < 1.29 is 8.78 Å². The van der Waals surface area contributed by atoms with Crippen molar-refractivity contribution in [3.63, 3.8) is 0 Å². The van der Waals surface area contributed by atoms with E-state index < -0.39 is 11.6 Å². The van der Waals surface area contributed by atoms with Crippen LogP contribution in [0.5, 0.6) is 0 Å². The van der Waals surface area contributed by atoms with Crippen LogP contribution in [-0.2, 0) is 5.75 Å². The van der Waals surface area contributed by atoms with Gasteiger partial charge in [-0.25, -0.2) is 8.78 Å². The Balaban J connectivity index is 1.70. The second kappa shape index (κ2) is 9.05. The topological polar surface area (TPSA) is 24.1 Å². The number of rotatable bonds is 6. The van der Waals surface area contributed by atoms with Gasteiger partial charge >= 0.3 is 0 Å². The van der Waals surface area contributed by atoms with Crippen LogP contribution in [0.15, 0.2) is 42.5 Å². The Morgan fingerprint density at radius 2 is 1.78 bits per heavy atom. The smallest absolute Gasteiger partial charge is 0.170 e. The number of nitrogens with one attached hydrogen (secondary N) is 2. The molecular weight excluding hydrogens is 358 g/mol. The third-order valence-corrected chi connectivity index (χ3v) is 4.57. The lowest BCUT2D eigenvalue weighted by Gasteiger charge is -2.11. The van der Waals surface area contributed by atoms with Gasteiger partial charge in [0.25, 0.3) is 0 Å². The number of thioether (sulfide) groups is 1. The minimum Gasteiger partial charge on any atom is -0.362 e. The zero-order valence-electron chi connectivity index (χ0n) is 12.1. The molecule has 0 spiro atoms. The molecule has 2 N–H and O–H groups in total. The number of para-hydroxylation sites is 1. The van der Waals surface area contributed by atoms with E-state index in [0.717, 1.165) is 22.1 Å². The summed E-state index contributed by atoms with van der Waals surface area (Å²) in [7, 11) is 0. The van der Waals surface area contributed by atoms with Crippen molar-refractivity contribution >= 4 is 46.4 Å². The zero-order chi connectivity index (χ0) is 16.7. The van der Waals surface area contributed by atoms with E-state index in [1.807, 2.05) is 24.3 Å². The summed E-state index contributed by atoms with van der Waals surface area (Å²) >= 11 is 12.8. The fourth-order valence-corrected chi connectivity index (χ4v) is 3.16. The molecule has 0 aromatic heterocycles. The molecule has 0 aliphatic carbocycles. The first-order chi connectivity index (χ1) is 11.1.